The fraction of sp³-hybridized carbons (Fsp3) is 0.333. The first-order valence-corrected chi connectivity index (χ1v) is 9.09. The summed E-state index contributed by atoms with van der Waals surface area (Å²) in [4.78, 5) is 7.93. The summed E-state index contributed by atoms with van der Waals surface area (Å²) in [7, 11) is 1.69. The summed E-state index contributed by atoms with van der Waals surface area (Å²) >= 11 is 0. The smallest absolute Gasteiger partial charge is 0.119 e. The zero-order valence-electron chi connectivity index (χ0n) is 15.1. The number of piperazine rings is 1. The molecule has 1 fully saturated rings. The number of nitrogens with zero attached hydrogens (tertiary/aromatic N) is 2. The maximum atomic E-state index is 10.6. The molecule has 1 aliphatic heterocycles. The van der Waals surface area contributed by atoms with E-state index in [9.17, 15) is 5.11 Å². The van der Waals surface area contributed by atoms with Crippen LogP contribution < -0.4 is 9.64 Å². The van der Waals surface area contributed by atoms with E-state index in [4.69, 9.17) is 4.74 Å². The number of nitrogens with one attached hydrogen (secondary N) is 1. The molecule has 1 atom stereocenters. The average Bonchev–Trinajstić information content (AvgIpc) is 3.16. The van der Waals surface area contributed by atoms with Crippen molar-refractivity contribution >= 4 is 16.6 Å². The number of fused-ring (bicyclic) bond motifs is 1. The Kier molecular flexibility index (Phi) is 4.82. The molecule has 0 bridgehead atoms. The third kappa shape index (κ3) is 3.54. The number of hydrogen-bond acceptors (Lipinski definition) is 4. The second-order valence-electron chi connectivity index (χ2n) is 6.83. The second kappa shape index (κ2) is 7.40. The van der Waals surface area contributed by atoms with Gasteiger partial charge in [-0.25, -0.2) is 0 Å². The minimum atomic E-state index is -0.463. The number of methoxy groups -OCH3 is 1. The molecule has 4 rings (SSSR count). The van der Waals surface area contributed by atoms with Gasteiger partial charge in [0.1, 0.15) is 5.75 Å². The van der Waals surface area contributed by atoms with Crippen LogP contribution >= 0.6 is 0 Å². The minimum absolute atomic E-state index is 0.463. The molecule has 0 saturated carbocycles. The molecule has 0 aliphatic carbocycles. The van der Waals surface area contributed by atoms with Gasteiger partial charge in [-0.1, -0.05) is 12.1 Å². The third-order valence-corrected chi connectivity index (χ3v) is 5.20. The summed E-state index contributed by atoms with van der Waals surface area (Å²) in [6.07, 6.45) is 1.47. The Bertz CT molecular complexity index is 851. The normalized spacial score (nSPS) is 16.8. The largest absolute Gasteiger partial charge is 0.497 e. The number of aromatic amines is 1. The predicted octanol–water partition coefficient (Wildman–Crippen LogP) is 3.03. The molecule has 2 aromatic carbocycles. The first-order valence-electron chi connectivity index (χ1n) is 9.09. The van der Waals surface area contributed by atoms with Crippen LogP contribution in [0.2, 0.25) is 0 Å². The van der Waals surface area contributed by atoms with E-state index in [-0.39, 0.29) is 0 Å². The van der Waals surface area contributed by atoms with Crippen molar-refractivity contribution in [3.8, 4) is 5.75 Å². The van der Waals surface area contributed by atoms with Crippen molar-refractivity contribution in [2.45, 2.75) is 6.10 Å². The zero-order valence-corrected chi connectivity index (χ0v) is 15.1. The van der Waals surface area contributed by atoms with E-state index in [1.807, 2.05) is 36.5 Å². The summed E-state index contributed by atoms with van der Waals surface area (Å²) in [6.45, 7) is 4.51. The van der Waals surface area contributed by atoms with Gasteiger partial charge in [-0.15, -0.1) is 0 Å². The molecule has 5 nitrogen and oxygen atoms in total. The van der Waals surface area contributed by atoms with Crippen molar-refractivity contribution in [2.75, 3.05) is 44.7 Å². The van der Waals surface area contributed by atoms with E-state index < -0.39 is 6.10 Å². The molecule has 26 heavy (non-hydrogen) atoms. The molecule has 0 spiro atoms. The maximum Gasteiger partial charge on any atom is 0.119 e. The van der Waals surface area contributed by atoms with E-state index >= 15 is 0 Å². The SMILES string of the molecule is COc1ccc(N2CCN(C[C@H](O)c3ccc4cc[nH]c4c3)CC2)cc1. The number of aromatic nitrogens is 1. The number of anilines is 1. The number of aliphatic hydroxyl groups is 1. The molecular weight excluding hydrogens is 326 g/mol. The van der Waals surface area contributed by atoms with Gasteiger partial charge in [0.15, 0.2) is 0 Å². The first-order chi connectivity index (χ1) is 12.7. The van der Waals surface area contributed by atoms with Gasteiger partial charge in [0.25, 0.3) is 0 Å². The molecule has 3 aromatic rings. The Morgan fingerprint density at radius 3 is 2.54 bits per heavy atom. The van der Waals surface area contributed by atoms with Crippen molar-refractivity contribution in [1.82, 2.24) is 9.88 Å². The molecular formula is C21H25N3O2. The first kappa shape index (κ1) is 16.9. The molecule has 5 heteroatoms. The predicted molar refractivity (Wildman–Crippen MR) is 105 cm³/mol. The summed E-state index contributed by atoms with van der Waals surface area (Å²) in [5.74, 6) is 0.884. The fourth-order valence-corrected chi connectivity index (χ4v) is 3.60. The highest BCUT2D eigenvalue weighted by atomic mass is 16.5. The van der Waals surface area contributed by atoms with Gasteiger partial charge in [-0.05, 0) is 47.3 Å². The van der Waals surface area contributed by atoms with E-state index in [0.717, 1.165) is 43.0 Å². The van der Waals surface area contributed by atoms with Crippen molar-refractivity contribution in [3.63, 3.8) is 0 Å². The number of hydrogen-bond donors (Lipinski definition) is 2. The topological polar surface area (TPSA) is 51.7 Å². The highest BCUT2D eigenvalue weighted by Crippen LogP contribution is 2.23. The lowest BCUT2D eigenvalue weighted by molar-refractivity contribution is 0.109. The van der Waals surface area contributed by atoms with Gasteiger partial charge in [0.05, 0.1) is 13.2 Å². The van der Waals surface area contributed by atoms with E-state index in [1.165, 1.54) is 11.1 Å². The Balaban J connectivity index is 1.34. The van der Waals surface area contributed by atoms with E-state index in [2.05, 4.69) is 33.0 Å². The van der Waals surface area contributed by atoms with Crippen LogP contribution in [0.5, 0.6) is 5.75 Å². The Morgan fingerprint density at radius 1 is 1.04 bits per heavy atom. The Labute approximate surface area is 153 Å². The number of ether oxygens (including phenoxy) is 1. The van der Waals surface area contributed by atoms with Crippen LogP contribution in [0.4, 0.5) is 5.69 Å². The summed E-state index contributed by atoms with van der Waals surface area (Å²) in [5.41, 5.74) is 3.27. The number of H-pyrrole nitrogens is 1. The van der Waals surface area contributed by atoms with Crippen molar-refractivity contribution in [3.05, 3.63) is 60.3 Å². The Hall–Kier alpha value is -2.50. The van der Waals surface area contributed by atoms with Crippen LogP contribution in [0, 0.1) is 0 Å². The molecule has 1 saturated heterocycles. The molecule has 136 valence electrons. The van der Waals surface area contributed by atoms with E-state index in [0.29, 0.717) is 6.54 Å². The average molecular weight is 351 g/mol. The summed E-state index contributed by atoms with van der Waals surface area (Å²) in [6, 6.07) is 16.4. The molecule has 1 aromatic heterocycles. The number of rotatable bonds is 5. The van der Waals surface area contributed by atoms with Gasteiger partial charge >= 0.3 is 0 Å². The highest BCUT2D eigenvalue weighted by molar-refractivity contribution is 5.79. The van der Waals surface area contributed by atoms with Crippen LogP contribution in [-0.2, 0) is 0 Å². The van der Waals surface area contributed by atoms with Crippen molar-refractivity contribution < 1.29 is 9.84 Å². The molecule has 2 heterocycles. The van der Waals surface area contributed by atoms with Crippen molar-refractivity contribution in [2.24, 2.45) is 0 Å². The second-order valence-corrected chi connectivity index (χ2v) is 6.83. The van der Waals surface area contributed by atoms with Crippen LogP contribution in [0.15, 0.2) is 54.7 Å². The third-order valence-electron chi connectivity index (χ3n) is 5.20. The molecule has 2 N–H and O–H groups in total. The van der Waals surface area contributed by atoms with Crippen molar-refractivity contribution in [1.29, 1.82) is 0 Å². The molecule has 0 amide bonds. The van der Waals surface area contributed by atoms with Crippen LogP contribution in [0.25, 0.3) is 10.9 Å². The molecule has 0 radical (unpaired) electrons. The fourth-order valence-electron chi connectivity index (χ4n) is 3.60. The Morgan fingerprint density at radius 2 is 1.81 bits per heavy atom. The number of benzene rings is 2. The van der Waals surface area contributed by atoms with Gasteiger partial charge < -0.3 is 19.7 Å². The minimum Gasteiger partial charge on any atom is -0.497 e. The van der Waals surface area contributed by atoms with Gasteiger partial charge in [-0.3, -0.25) is 4.90 Å². The van der Waals surface area contributed by atoms with E-state index in [1.54, 1.807) is 7.11 Å². The summed E-state index contributed by atoms with van der Waals surface area (Å²) < 4.78 is 5.22. The highest BCUT2D eigenvalue weighted by Gasteiger charge is 2.20. The van der Waals surface area contributed by atoms with Crippen LogP contribution in [0.1, 0.15) is 11.7 Å². The monoisotopic (exact) mass is 351 g/mol. The number of aliphatic hydroxyl groups excluding tert-OH is 1. The van der Waals surface area contributed by atoms with Gasteiger partial charge in [-0.2, -0.15) is 0 Å². The molecule has 1 aliphatic rings. The zero-order chi connectivity index (χ0) is 17.9. The van der Waals surface area contributed by atoms with Gasteiger partial charge in [0.2, 0.25) is 0 Å². The molecule has 0 unspecified atom stereocenters. The van der Waals surface area contributed by atoms with Crippen LogP contribution in [0.3, 0.4) is 0 Å². The van der Waals surface area contributed by atoms with Gasteiger partial charge in [0, 0.05) is 50.1 Å². The van der Waals surface area contributed by atoms with Crippen LogP contribution in [-0.4, -0.2) is 54.8 Å². The maximum absolute atomic E-state index is 10.6. The quantitative estimate of drug-likeness (QED) is 0.742. The lowest BCUT2D eigenvalue weighted by Crippen LogP contribution is -2.47. The summed E-state index contributed by atoms with van der Waals surface area (Å²) in [5, 5.41) is 11.8. The number of β-amino-alcohol motifs (C(OH)–C–C–N with tert-alkyl or cyclic N) is 1. The standard InChI is InChI=1S/C21H25N3O2/c1-26-19-6-4-18(5-7-19)24-12-10-23(11-13-24)15-21(25)17-3-2-16-8-9-22-20(16)14-17/h2-9,14,21-22,25H,10-13,15H2,1H3/t21-/m0/s1. The lowest BCUT2D eigenvalue weighted by atomic mass is 10.1. The lowest BCUT2D eigenvalue weighted by Gasteiger charge is -2.37.